The van der Waals surface area contributed by atoms with Crippen LogP contribution in [0.4, 0.5) is 10.5 Å². The van der Waals surface area contributed by atoms with Gasteiger partial charge in [-0.2, -0.15) is 0 Å². The molecule has 0 saturated carbocycles. The van der Waals surface area contributed by atoms with Crippen molar-refractivity contribution in [2.24, 2.45) is 0 Å². The molecule has 3 aromatic rings. The number of nitrogens with one attached hydrogen (secondary N) is 2. The molecule has 0 saturated heterocycles. The first-order chi connectivity index (χ1) is 14.0. The molecule has 7 heteroatoms. The van der Waals surface area contributed by atoms with Crippen LogP contribution < -0.4 is 10.6 Å². The van der Waals surface area contributed by atoms with Crippen LogP contribution in [0, 0.1) is 0 Å². The van der Waals surface area contributed by atoms with Crippen molar-refractivity contribution >= 4 is 21.6 Å². The summed E-state index contributed by atoms with van der Waals surface area (Å²) in [6.45, 7) is 2.41. The number of amides is 2. The molecule has 0 aliphatic carbocycles. The normalized spacial score (nSPS) is 11.1. The molecule has 150 valence electrons. The van der Waals surface area contributed by atoms with Gasteiger partial charge in [0, 0.05) is 24.6 Å². The van der Waals surface area contributed by atoms with E-state index >= 15 is 0 Å². The average molecular weight is 410 g/mol. The fourth-order valence-corrected chi connectivity index (χ4v) is 4.13. The lowest BCUT2D eigenvalue weighted by molar-refractivity contribution is 0.251. The topological polar surface area (TPSA) is 88.2 Å². The first kappa shape index (κ1) is 20.5. The van der Waals surface area contributed by atoms with Gasteiger partial charge in [-0.15, -0.1) is 0 Å². The van der Waals surface area contributed by atoms with E-state index in [1.165, 1.54) is 17.7 Å². The monoisotopic (exact) mass is 409 g/mol. The van der Waals surface area contributed by atoms with Crippen molar-refractivity contribution in [3.8, 4) is 0 Å². The maximum absolute atomic E-state index is 12.6. The molecule has 0 unspecified atom stereocenters. The summed E-state index contributed by atoms with van der Waals surface area (Å²) in [6, 6.07) is 17.0. The predicted octanol–water partition coefficient (Wildman–Crippen LogP) is 3.94. The lowest BCUT2D eigenvalue weighted by atomic mass is 10.1. The van der Waals surface area contributed by atoms with Crippen LogP contribution in [0.25, 0.3) is 0 Å². The zero-order chi connectivity index (χ0) is 20.7. The molecule has 2 N–H and O–H groups in total. The van der Waals surface area contributed by atoms with E-state index in [4.69, 9.17) is 0 Å². The van der Waals surface area contributed by atoms with Crippen LogP contribution in [0.2, 0.25) is 0 Å². The molecule has 1 aromatic heterocycles. The van der Waals surface area contributed by atoms with Gasteiger partial charge in [-0.05, 0) is 53.4 Å². The second-order valence-electron chi connectivity index (χ2n) is 6.62. The van der Waals surface area contributed by atoms with Crippen LogP contribution in [-0.4, -0.2) is 19.4 Å². The summed E-state index contributed by atoms with van der Waals surface area (Å²) in [7, 11) is -3.46. The van der Waals surface area contributed by atoms with Gasteiger partial charge in [0.05, 0.1) is 10.6 Å². The van der Waals surface area contributed by atoms with Crippen LogP contribution in [-0.2, 0) is 28.6 Å². The molecule has 0 fully saturated rings. The standard InChI is InChI=1S/C22H23N3O3S/c1-2-17-5-7-18(8-6-17)16-29(27,28)21-11-9-20(10-12-21)25-22(26)24-15-19-4-3-13-23-14-19/h3-14H,2,15-16H2,1H3,(H2,24,25,26). The number of rotatable bonds is 7. The number of urea groups is 1. The highest BCUT2D eigenvalue weighted by Crippen LogP contribution is 2.19. The Morgan fingerprint density at radius 2 is 1.62 bits per heavy atom. The highest BCUT2D eigenvalue weighted by molar-refractivity contribution is 7.90. The third-order valence-electron chi connectivity index (χ3n) is 4.44. The summed E-state index contributed by atoms with van der Waals surface area (Å²) in [4.78, 5) is 16.2. The predicted molar refractivity (Wildman–Crippen MR) is 113 cm³/mol. The number of benzene rings is 2. The van der Waals surface area contributed by atoms with Crippen LogP contribution in [0.5, 0.6) is 0 Å². The number of aryl methyl sites for hydroxylation is 1. The maximum Gasteiger partial charge on any atom is 0.319 e. The van der Waals surface area contributed by atoms with Gasteiger partial charge in [0.15, 0.2) is 9.84 Å². The molecule has 6 nitrogen and oxygen atoms in total. The van der Waals surface area contributed by atoms with E-state index in [0.717, 1.165) is 17.5 Å². The number of hydrogen-bond acceptors (Lipinski definition) is 4. The minimum Gasteiger partial charge on any atom is -0.334 e. The maximum atomic E-state index is 12.6. The summed E-state index contributed by atoms with van der Waals surface area (Å²) >= 11 is 0. The van der Waals surface area contributed by atoms with Crippen LogP contribution in [0.15, 0.2) is 78.0 Å². The van der Waals surface area contributed by atoms with Crippen LogP contribution >= 0.6 is 0 Å². The van der Waals surface area contributed by atoms with E-state index in [9.17, 15) is 13.2 Å². The van der Waals surface area contributed by atoms with Crippen molar-refractivity contribution in [2.45, 2.75) is 30.5 Å². The number of sulfone groups is 1. The fraction of sp³-hybridized carbons (Fsp3) is 0.182. The summed E-state index contributed by atoms with van der Waals surface area (Å²) in [5.74, 6) is -0.0602. The minimum atomic E-state index is -3.46. The van der Waals surface area contributed by atoms with Crippen molar-refractivity contribution in [3.05, 3.63) is 89.7 Å². The molecule has 0 spiro atoms. The third-order valence-corrected chi connectivity index (χ3v) is 6.14. The van der Waals surface area contributed by atoms with E-state index < -0.39 is 9.84 Å². The van der Waals surface area contributed by atoms with Gasteiger partial charge >= 0.3 is 6.03 Å². The number of aromatic nitrogens is 1. The van der Waals surface area contributed by atoms with Crippen molar-refractivity contribution in [2.75, 3.05) is 5.32 Å². The van der Waals surface area contributed by atoms with Gasteiger partial charge in [-0.3, -0.25) is 4.98 Å². The zero-order valence-electron chi connectivity index (χ0n) is 16.1. The molecule has 0 bridgehead atoms. The highest BCUT2D eigenvalue weighted by Gasteiger charge is 2.15. The Hall–Kier alpha value is -3.19. The second-order valence-corrected chi connectivity index (χ2v) is 8.61. The largest absolute Gasteiger partial charge is 0.334 e. The van der Waals surface area contributed by atoms with Crippen molar-refractivity contribution < 1.29 is 13.2 Å². The van der Waals surface area contributed by atoms with Crippen molar-refractivity contribution in [3.63, 3.8) is 0 Å². The third kappa shape index (κ3) is 5.89. The Balaban J connectivity index is 1.58. The van der Waals surface area contributed by atoms with Gasteiger partial charge in [0.1, 0.15) is 0 Å². The Labute approximate surface area is 170 Å². The summed E-state index contributed by atoms with van der Waals surface area (Å²) < 4.78 is 25.3. The van der Waals surface area contributed by atoms with Gasteiger partial charge in [0.25, 0.3) is 0 Å². The second kappa shape index (κ2) is 9.34. The van der Waals surface area contributed by atoms with Crippen molar-refractivity contribution in [1.29, 1.82) is 0 Å². The summed E-state index contributed by atoms with van der Waals surface area (Å²) in [5.41, 5.74) is 3.32. The number of hydrogen-bond donors (Lipinski definition) is 2. The molecule has 0 radical (unpaired) electrons. The lowest BCUT2D eigenvalue weighted by Crippen LogP contribution is -2.28. The van der Waals surface area contributed by atoms with E-state index in [2.05, 4.69) is 22.5 Å². The Morgan fingerprint density at radius 3 is 2.24 bits per heavy atom. The number of carbonyl (C=O) groups is 1. The molecular weight excluding hydrogens is 386 g/mol. The molecule has 2 aromatic carbocycles. The Kier molecular flexibility index (Phi) is 6.61. The first-order valence-electron chi connectivity index (χ1n) is 9.30. The van der Waals surface area contributed by atoms with Crippen LogP contribution in [0.3, 0.4) is 0 Å². The van der Waals surface area contributed by atoms with Crippen molar-refractivity contribution in [1.82, 2.24) is 10.3 Å². The molecule has 1 heterocycles. The summed E-state index contributed by atoms with van der Waals surface area (Å²) in [6.07, 6.45) is 4.26. The smallest absolute Gasteiger partial charge is 0.319 e. The molecule has 0 atom stereocenters. The molecule has 0 aliphatic rings. The average Bonchev–Trinajstić information content (AvgIpc) is 2.74. The van der Waals surface area contributed by atoms with E-state index in [-0.39, 0.29) is 16.7 Å². The van der Waals surface area contributed by atoms with E-state index in [1.54, 1.807) is 30.6 Å². The lowest BCUT2D eigenvalue weighted by Gasteiger charge is -2.09. The van der Waals surface area contributed by atoms with Gasteiger partial charge < -0.3 is 10.6 Å². The number of carbonyl (C=O) groups excluding carboxylic acids is 1. The van der Waals surface area contributed by atoms with Crippen LogP contribution in [0.1, 0.15) is 23.6 Å². The van der Waals surface area contributed by atoms with E-state index in [0.29, 0.717) is 12.2 Å². The molecule has 2 amide bonds. The van der Waals surface area contributed by atoms with E-state index in [1.807, 2.05) is 30.3 Å². The minimum absolute atomic E-state index is 0.0602. The first-order valence-corrected chi connectivity index (χ1v) is 11.0. The van der Waals surface area contributed by atoms with Gasteiger partial charge in [0.2, 0.25) is 0 Å². The molecular formula is C22H23N3O3S. The zero-order valence-corrected chi connectivity index (χ0v) is 16.9. The fourth-order valence-electron chi connectivity index (χ4n) is 2.78. The Morgan fingerprint density at radius 1 is 0.931 bits per heavy atom. The highest BCUT2D eigenvalue weighted by atomic mass is 32.2. The quantitative estimate of drug-likeness (QED) is 0.619. The molecule has 0 aliphatic heterocycles. The SMILES string of the molecule is CCc1ccc(CS(=O)(=O)c2ccc(NC(=O)NCc3cccnc3)cc2)cc1. The summed E-state index contributed by atoms with van der Waals surface area (Å²) in [5, 5.41) is 5.41. The molecule has 29 heavy (non-hydrogen) atoms. The Bertz CT molecular complexity index is 1050. The molecule has 3 rings (SSSR count). The number of pyridine rings is 1. The number of anilines is 1. The van der Waals surface area contributed by atoms with Gasteiger partial charge in [-0.25, -0.2) is 13.2 Å². The van der Waals surface area contributed by atoms with Gasteiger partial charge in [-0.1, -0.05) is 37.3 Å². The number of nitrogens with zero attached hydrogens (tertiary/aromatic N) is 1.